The summed E-state index contributed by atoms with van der Waals surface area (Å²) in [5.41, 5.74) is 2.15. The van der Waals surface area contributed by atoms with E-state index in [-0.39, 0.29) is 24.2 Å². The van der Waals surface area contributed by atoms with Gasteiger partial charge in [-0.2, -0.15) is 5.10 Å². The highest BCUT2D eigenvalue weighted by Gasteiger charge is 2.18. The zero-order valence-electron chi connectivity index (χ0n) is 15.0. The summed E-state index contributed by atoms with van der Waals surface area (Å²) in [5.74, 6) is 0.612. The summed E-state index contributed by atoms with van der Waals surface area (Å²) in [5, 5.41) is 7.31. The topological polar surface area (TPSA) is 68.9 Å². The Bertz CT molecular complexity index is 789. The molecule has 1 aromatic heterocycles. The molecule has 6 heteroatoms. The first-order valence-corrected chi connectivity index (χ1v) is 9.13. The summed E-state index contributed by atoms with van der Waals surface area (Å²) in [7, 11) is 0. The molecule has 0 aliphatic carbocycles. The van der Waals surface area contributed by atoms with Gasteiger partial charge in [-0.05, 0) is 37.3 Å². The van der Waals surface area contributed by atoms with Crippen molar-refractivity contribution in [1.29, 1.82) is 0 Å². The summed E-state index contributed by atoms with van der Waals surface area (Å²) in [6, 6.07) is 8.13. The average molecular weight is 342 g/mol. The Morgan fingerprint density at radius 3 is 2.72 bits per heavy atom. The van der Waals surface area contributed by atoms with E-state index in [4.69, 9.17) is 0 Å². The first-order chi connectivity index (χ1) is 12.1. The molecule has 0 spiro atoms. The number of amides is 1. The third kappa shape index (κ3) is 4.00. The van der Waals surface area contributed by atoms with E-state index in [1.165, 1.54) is 10.2 Å². The molecule has 134 valence electrons. The molecule has 1 aliphatic heterocycles. The third-order valence-electron chi connectivity index (χ3n) is 4.84. The van der Waals surface area contributed by atoms with Crippen molar-refractivity contribution in [2.75, 3.05) is 0 Å². The van der Waals surface area contributed by atoms with E-state index in [0.717, 1.165) is 43.5 Å². The first kappa shape index (κ1) is 17.5. The number of aromatic nitrogens is 3. The van der Waals surface area contributed by atoms with E-state index in [9.17, 15) is 9.59 Å². The molecule has 6 nitrogen and oxygen atoms in total. The fourth-order valence-electron chi connectivity index (χ4n) is 3.28. The minimum atomic E-state index is -0.192. The van der Waals surface area contributed by atoms with Gasteiger partial charge in [0.2, 0.25) is 5.91 Å². The van der Waals surface area contributed by atoms with Crippen molar-refractivity contribution in [3.05, 3.63) is 51.7 Å². The highest BCUT2D eigenvalue weighted by molar-refractivity contribution is 5.76. The fourth-order valence-corrected chi connectivity index (χ4v) is 3.28. The molecule has 25 heavy (non-hydrogen) atoms. The lowest BCUT2D eigenvalue weighted by atomic mass is 10.1. The summed E-state index contributed by atoms with van der Waals surface area (Å²) in [6.45, 7) is 4.74. The van der Waals surface area contributed by atoms with Crippen LogP contribution in [0.1, 0.15) is 56.1 Å². The highest BCUT2D eigenvalue weighted by atomic mass is 16.2. The largest absolute Gasteiger partial charge is 0.348 e. The molecular weight excluding hydrogens is 316 g/mol. The van der Waals surface area contributed by atoms with Gasteiger partial charge in [0.15, 0.2) is 0 Å². The van der Waals surface area contributed by atoms with Gasteiger partial charge in [-0.3, -0.25) is 9.36 Å². The van der Waals surface area contributed by atoms with Crippen molar-refractivity contribution in [3.8, 4) is 0 Å². The Balaban J connectivity index is 1.65. The van der Waals surface area contributed by atoms with Gasteiger partial charge in [0.1, 0.15) is 12.4 Å². The minimum Gasteiger partial charge on any atom is -0.348 e. The second kappa shape index (κ2) is 7.68. The molecule has 1 unspecified atom stereocenters. The molecule has 2 heterocycles. The predicted molar refractivity (Wildman–Crippen MR) is 96.4 cm³/mol. The molecule has 0 bridgehead atoms. The highest BCUT2D eigenvalue weighted by Crippen LogP contribution is 2.14. The third-order valence-corrected chi connectivity index (χ3v) is 4.84. The van der Waals surface area contributed by atoms with Gasteiger partial charge in [-0.15, -0.1) is 0 Å². The lowest BCUT2D eigenvalue weighted by molar-refractivity contribution is -0.122. The molecule has 1 aromatic carbocycles. The van der Waals surface area contributed by atoms with Crippen LogP contribution in [-0.2, 0) is 30.7 Å². The number of aryl methyl sites for hydroxylation is 2. The Hall–Kier alpha value is -2.37. The second-order valence-electron chi connectivity index (χ2n) is 6.70. The molecule has 0 saturated carbocycles. The second-order valence-corrected chi connectivity index (χ2v) is 6.70. The van der Waals surface area contributed by atoms with Gasteiger partial charge in [-0.1, -0.05) is 37.6 Å². The standard InChI is InChI=1S/C19H26N4O2/c1-3-15-8-10-16(11-9-15)14(2)20-18(24)13-23-19(25)22-12-6-4-5-7-17(22)21-23/h8-11,14H,3-7,12-13H2,1-2H3,(H,20,24). The smallest absolute Gasteiger partial charge is 0.346 e. The lowest BCUT2D eigenvalue weighted by Gasteiger charge is -2.14. The van der Waals surface area contributed by atoms with Crippen molar-refractivity contribution in [3.63, 3.8) is 0 Å². The Kier molecular flexibility index (Phi) is 5.36. The van der Waals surface area contributed by atoms with E-state index < -0.39 is 0 Å². The van der Waals surface area contributed by atoms with Crippen LogP contribution in [0.5, 0.6) is 0 Å². The first-order valence-electron chi connectivity index (χ1n) is 9.13. The van der Waals surface area contributed by atoms with Crippen molar-refractivity contribution in [2.24, 2.45) is 0 Å². The van der Waals surface area contributed by atoms with Gasteiger partial charge in [0.25, 0.3) is 0 Å². The van der Waals surface area contributed by atoms with Crippen LogP contribution in [0.15, 0.2) is 29.1 Å². The molecule has 1 aliphatic rings. The van der Waals surface area contributed by atoms with Gasteiger partial charge in [0.05, 0.1) is 6.04 Å². The maximum absolute atomic E-state index is 12.4. The fraction of sp³-hybridized carbons (Fsp3) is 0.526. The van der Waals surface area contributed by atoms with Gasteiger partial charge in [-0.25, -0.2) is 9.48 Å². The van der Waals surface area contributed by atoms with Gasteiger partial charge < -0.3 is 5.32 Å². The summed E-state index contributed by atoms with van der Waals surface area (Å²) in [6.07, 6.45) is 4.97. The van der Waals surface area contributed by atoms with Crippen LogP contribution in [0, 0.1) is 0 Å². The van der Waals surface area contributed by atoms with Crippen LogP contribution in [0.25, 0.3) is 0 Å². The zero-order chi connectivity index (χ0) is 17.8. The predicted octanol–water partition coefficient (Wildman–Crippen LogP) is 2.21. The van der Waals surface area contributed by atoms with Crippen LogP contribution < -0.4 is 11.0 Å². The number of carbonyl (C=O) groups excluding carboxylic acids is 1. The SMILES string of the molecule is CCc1ccc(C(C)NC(=O)Cn2nc3n(c2=O)CCCCC3)cc1. The van der Waals surface area contributed by atoms with Crippen LogP contribution in [0.2, 0.25) is 0 Å². The number of hydrogen-bond acceptors (Lipinski definition) is 3. The summed E-state index contributed by atoms with van der Waals surface area (Å²) in [4.78, 5) is 24.7. The number of nitrogens with zero attached hydrogens (tertiary/aromatic N) is 3. The van der Waals surface area contributed by atoms with Crippen LogP contribution in [0.3, 0.4) is 0 Å². The number of carbonyl (C=O) groups is 1. The quantitative estimate of drug-likeness (QED) is 0.906. The summed E-state index contributed by atoms with van der Waals surface area (Å²) < 4.78 is 3.01. The Labute approximate surface area is 147 Å². The molecular formula is C19H26N4O2. The number of fused-ring (bicyclic) bond motifs is 1. The zero-order valence-corrected chi connectivity index (χ0v) is 15.0. The van der Waals surface area contributed by atoms with Crippen molar-refractivity contribution in [2.45, 2.75) is 65.1 Å². The minimum absolute atomic E-state index is 0.0315. The number of benzene rings is 1. The number of nitrogens with one attached hydrogen (secondary N) is 1. The van der Waals surface area contributed by atoms with E-state index in [1.54, 1.807) is 4.57 Å². The molecule has 0 radical (unpaired) electrons. The molecule has 1 amide bonds. The maximum atomic E-state index is 12.4. The Morgan fingerprint density at radius 2 is 2.00 bits per heavy atom. The molecule has 1 N–H and O–H groups in total. The molecule has 0 fully saturated rings. The molecule has 2 aromatic rings. The lowest BCUT2D eigenvalue weighted by Crippen LogP contribution is -2.35. The molecule has 0 saturated heterocycles. The number of hydrogen-bond donors (Lipinski definition) is 1. The maximum Gasteiger partial charge on any atom is 0.346 e. The van der Waals surface area contributed by atoms with E-state index in [2.05, 4.69) is 29.5 Å². The average Bonchev–Trinajstić information content (AvgIpc) is 2.78. The molecule has 1 atom stereocenters. The molecule has 3 rings (SSSR count). The van der Waals surface area contributed by atoms with Crippen LogP contribution in [-0.4, -0.2) is 20.3 Å². The van der Waals surface area contributed by atoms with Gasteiger partial charge >= 0.3 is 5.69 Å². The van der Waals surface area contributed by atoms with E-state index >= 15 is 0 Å². The van der Waals surface area contributed by atoms with Crippen molar-refractivity contribution >= 4 is 5.91 Å². The van der Waals surface area contributed by atoms with Gasteiger partial charge in [0, 0.05) is 13.0 Å². The van der Waals surface area contributed by atoms with Crippen molar-refractivity contribution in [1.82, 2.24) is 19.7 Å². The van der Waals surface area contributed by atoms with Crippen molar-refractivity contribution < 1.29 is 4.79 Å². The number of rotatable bonds is 5. The van der Waals surface area contributed by atoms with Crippen LogP contribution in [0.4, 0.5) is 0 Å². The van der Waals surface area contributed by atoms with Crippen LogP contribution >= 0.6 is 0 Å². The normalized spacial score (nSPS) is 15.3. The van der Waals surface area contributed by atoms with E-state index in [1.807, 2.05) is 19.1 Å². The van der Waals surface area contributed by atoms with E-state index in [0.29, 0.717) is 6.54 Å². The Morgan fingerprint density at radius 1 is 1.24 bits per heavy atom. The monoisotopic (exact) mass is 342 g/mol. The summed E-state index contributed by atoms with van der Waals surface area (Å²) >= 11 is 0.